The Balaban J connectivity index is 2.85. The minimum Gasteiger partial charge on any atom is -0.467 e. The van der Waals surface area contributed by atoms with E-state index in [2.05, 4.69) is 20.4 Å². The number of aromatic nitrogens is 3. The molecule has 90 valence electrons. The van der Waals surface area contributed by atoms with Gasteiger partial charge < -0.3 is 14.4 Å². The quantitative estimate of drug-likeness (QED) is 0.484. The molecular formula is C8H16N6O2. The molecule has 0 bridgehead atoms. The summed E-state index contributed by atoms with van der Waals surface area (Å²) in [7, 11) is 4.96. The SMILES string of the molecule is COCCN(C)c1nc(NN)nc(OC)n1. The molecule has 0 atom stereocenters. The molecule has 1 aromatic heterocycles. The van der Waals surface area contributed by atoms with Gasteiger partial charge in [-0.15, -0.1) is 0 Å². The van der Waals surface area contributed by atoms with Crippen molar-refractivity contribution in [2.24, 2.45) is 5.84 Å². The fraction of sp³-hybridized carbons (Fsp3) is 0.625. The highest BCUT2D eigenvalue weighted by atomic mass is 16.5. The molecular weight excluding hydrogens is 212 g/mol. The molecule has 0 aliphatic heterocycles. The van der Waals surface area contributed by atoms with Crippen LogP contribution in [0.5, 0.6) is 6.01 Å². The van der Waals surface area contributed by atoms with Crippen LogP contribution in [0.1, 0.15) is 0 Å². The van der Waals surface area contributed by atoms with Crippen molar-refractivity contribution in [3.8, 4) is 6.01 Å². The molecule has 1 rings (SSSR count). The van der Waals surface area contributed by atoms with Crippen LogP contribution in [0.25, 0.3) is 0 Å². The minimum absolute atomic E-state index is 0.210. The van der Waals surface area contributed by atoms with Gasteiger partial charge in [0.05, 0.1) is 13.7 Å². The molecule has 1 heterocycles. The summed E-state index contributed by atoms with van der Waals surface area (Å²) >= 11 is 0. The monoisotopic (exact) mass is 228 g/mol. The first-order chi connectivity index (χ1) is 7.71. The van der Waals surface area contributed by atoms with Crippen LogP contribution in [0.3, 0.4) is 0 Å². The van der Waals surface area contributed by atoms with Crippen LogP contribution in [0.15, 0.2) is 0 Å². The van der Waals surface area contributed by atoms with E-state index >= 15 is 0 Å². The highest BCUT2D eigenvalue weighted by molar-refractivity contribution is 5.36. The van der Waals surface area contributed by atoms with Gasteiger partial charge in [-0.2, -0.15) is 15.0 Å². The Kier molecular flexibility index (Phi) is 4.67. The smallest absolute Gasteiger partial charge is 0.322 e. The van der Waals surface area contributed by atoms with Crippen molar-refractivity contribution in [1.82, 2.24) is 15.0 Å². The molecule has 0 aromatic carbocycles. The van der Waals surface area contributed by atoms with E-state index in [1.807, 2.05) is 11.9 Å². The van der Waals surface area contributed by atoms with Gasteiger partial charge in [-0.25, -0.2) is 5.84 Å². The molecule has 0 amide bonds. The lowest BCUT2D eigenvalue weighted by molar-refractivity contribution is 0.206. The first-order valence-electron chi connectivity index (χ1n) is 4.68. The average Bonchev–Trinajstić information content (AvgIpc) is 2.35. The van der Waals surface area contributed by atoms with E-state index in [9.17, 15) is 0 Å². The number of likely N-dealkylation sites (N-methyl/N-ethyl adjacent to an activating group) is 1. The van der Waals surface area contributed by atoms with Gasteiger partial charge in [0.25, 0.3) is 0 Å². The predicted molar refractivity (Wildman–Crippen MR) is 59.3 cm³/mol. The van der Waals surface area contributed by atoms with Gasteiger partial charge in [0, 0.05) is 20.7 Å². The molecule has 0 radical (unpaired) electrons. The second kappa shape index (κ2) is 6.03. The highest BCUT2D eigenvalue weighted by Crippen LogP contribution is 2.12. The summed E-state index contributed by atoms with van der Waals surface area (Å²) in [5.41, 5.74) is 2.35. The molecule has 8 nitrogen and oxygen atoms in total. The van der Waals surface area contributed by atoms with E-state index in [1.165, 1.54) is 7.11 Å². The minimum atomic E-state index is 0.210. The molecule has 0 fully saturated rings. The Hall–Kier alpha value is -1.67. The van der Waals surface area contributed by atoms with Crippen LogP contribution in [0.4, 0.5) is 11.9 Å². The first-order valence-corrected chi connectivity index (χ1v) is 4.68. The molecule has 1 aromatic rings. The molecule has 0 unspecified atom stereocenters. The number of nitrogens with one attached hydrogen (secondary N) is 1. The number of nitrogens with two attached hydrogens (primary N) is 1. The number of anilines is 2. The number of rotatable bonds is 6. The number of methoxy groups -OCH3 is 2. The lowest BCUT2D eigenvalue weighted by Crippen LogP contribution is -2.25. The van der Waals surface area contributed by atoms with Crippen LogP contribution in [0.2, 0.25) is 0 Å². The molecule has 0 spiro atoms. The summed E-state index contributed by atoms with van der Waals surface area (Å²) in [6.45, 7) is 1.24. The molecule has 0 aliphatic carbocycles. The van der Waals surface area contributed by atoms with E-state index in [-0.39, 0.29) is 12.0 Å². The van der Waals surface area contributed by atoms with Gasteiger partial charge in [0.2, 0.25) is 11.9 Å². The lowest BCUT2D eigenvalue weighted by atomic mass is 10.6. The summed E-state index contributed by atoms with van der Waals surface area (Å²) in [5.74, 6) is 5.97. The van der Waals surface area contributed by atoms with E-state index in [4.69, 9.17) is 15.3 Å². The van der Waals surface area contributed by atoms with Crippen molar-refractivity contribution in [1.29, 1.82) is 0 Å². The average molecular weight is 228 g/mol. The van der Waals surface area contributed by atoms with E-state index in [0.717, 1.165) is 0 Å². The van der Waals surface area contributed by atoms with E-state index < -0.39 is 0 Å². The highest BCUT2D eigenvalue weighted by Gasteiger charge is 2.09. The van der Waals surface area contributed by atoms with Crippen LogP contribution in [0, 0.1) is 0 Å². The van der Waals surface area contributed by atoms with Gasteiger partial charge in [0.1, 0.15) is 0 Å². The third-order valence-electron chi connectivity index (χ3n) is 1.89. The predicted octanol–water partition coefficient (Wildman–Crippen LogP) is -0.752. The Morgan fingerprint density at radius 3 is 2.62 bits per heavy atom. The number of hydrogen-bond acceptors (Lipinski definition) is 8. The third-order valence-corrected chi connectivity index (χ3v) is 1.89. The van der Waals surface area contributed by atoms with Crippen LogP contribution in [-0.2, 0) is 4.74 Å². The zero-order valence-electron chi connectivity index (χ0n) is 9.60. The Labute approximate surface area is 93.8 Å². The van der Waals surface area contributed by atoms with Crippen molar-refractivity contribution < 1.29 is 9.47 Å². The number of nitrogen functional groups attached to an aromatic ring is 1. The molecule has 16 heavy (non-hydrogen) atoms. The Morgan fingerprint density at radius 2 is 2.06 bits per heavy atom. The number of hydrogen-bond donors (Lipinski definition) is 2. The Morgan fingerprint density at radius 1 is 1.31 bits per heavy atom. The second-order valence-electron chi connectivity index (χ2n) is 3.00. The van der Waals surface area contributed by atoms with Crippen molar-refractivity contribution in [2.75, 3.05) is 44.7 Å². The summed E-state index contributed by atoms with van der Waals surface area (Å²) < 4.78 is 9.90. The number of ether oxygens (including phenoxy) is 2. The third kappa shape index (κ3) is 3.17. The number of nitrogens with zero attached hydrogens (tertiary/aromatic N) is 4. The van der Waals surface area contributed by atoms with Crippen LogP contribution in [-0.4, -0.2) is 49.4 Å². The fourth-order valence-electron chi connectivity index (χ4n) is 1.00. The van der Waals surface area contributed by atoms with Gasteiger partial charge >= 0.3 is 6.01 Å². The van der Waals surface area contributed by atoms with E-state index in [0.29, 0.717) is 19.1 Å². The summed E-state index contributed by atoms with van der Waals surface area (Å²) in [5, 5.41) is 0. The van der Waals surface area contributed by atoms with Crippen molar-refractivity contribution in [3.63, 3.8) is 0 Å². The summed E-state index contributed by atoms with van der Waals surface area (Å²) in [4.78, 5) is 13.9. The van der Waals surface area contributed by atoms with Crippen LogP contribution >= 0.6 is 0 Å². The van der Waals surface area contributed by atoms with Crippen LogP contribution < -0.4 is 20.9 Å². The molecule has 0 saturated carbocycles. The molecule has 0 aliphatic rings. The van der Waals surface area contributed by atoms with Gasteiger partial charge in [-0.05, 0) is 0 Å². The molecule has 3 N–H and O–H groups in total. The van der Waals surface area contributed by atoms with E-state index in [1.54, 1.807) is 7.11 Å². The largest absolute Gasteiger partial charge is 0.467 e. The van der Waals surface area contributed by atoms with Crippen molar-refractivity contribution >= 4 is 11.9 Å². The lowest BCUT2D eigenvalue weighted by Gasteiger charge is -2.16. The maximum atomic E-state index is 5.24. The van der Waals surface area contributed by atoms with Gasteiger partial charge in [-0.1, -0.05) is 0 Å². The zero-order valence-corrected chi connectivity index (χ0v) is 9.60. The van der Waals surface area contributed by atoms with Gasteiger partial charge in [0.15, 0.2) is 0 Å². The number of hydrazine groups is 1. The normalized spacial score (nSPS) is 10.0. The zero-order chi connectivity index (χ0) is 12.0. The van der Waals surface area contributed by atoms with Gasteiger partial charge in [-0.3, -0.25) is 5.43 Å². The molecule has 0 saturated heterocycles. The maximum absolute atomic E-state index is 5.24. The Bertz CT molecular complexity index is 312. The first kappa shape index (κ1) is 12.4. The summed E-state index contributed by atoms with van der Waals surface area (Å²) in [6, 6.07) is 0.210. The maximum Gasteiger partial charge on any atom is 0.322 e. The second-order valence-corrected chi connectivity index (χ2v) is 3.00. The van der Waals surface area contributed by atoms with Crippen molar-refractivity contribution in [2.45, 2.75) is 0 Å². The summed E-state index contributed by atoms with van der Waals surface area (Å²) in [6.07, 6.45) is 0. The topological polar surface area (TPSA) is 98.4 Å². The molecule has 8 heteroatoms. The van der Waals surface area contributed by atoms with Crippen molar-refractivity contribution in [3.05, 3.63) is 0 Å². The standard InChI is InChI=1S/C8H16N6O2/c1-14(4-5-15-2)7-10-6(13-9)11-8(12-7)16-3/h4-5,9H2,1-3H3,(H,10,11,12,13). The fourth-order valence-corrected chi connectivity index (χ4v) is 1.00.